The number of fused-ring (bicyclic) bond motifs is 1. The number of nitrogen functional groups attached to an aromatic ring is 1. The van der Waals surface area contributed by atoms with Crippen LogP contribution in [0, 0.1) is 5.82 Å². The topological polar surface area (TPSA) is 84.9 Å². The van der Waals surface area contributed by atoms with Gasteiger partial charge in [0.15, 0.2) is 5.65 Å². The fourth-order valence-corrected chi connectivity index (χ4v) is 3.82. The molecule has 1 aliphatic heterocycles. The van der Waals surface area contributed by atoms with Gasteiger partial charge in [0.2, 0.25) is 5.95 Å². The lowest BCUT2D eigenvalue weighted by atomic mass is 10.1. The zero-order valence-electron chi connectivity index (χ0n) is 16.0. The van der Waals surface area contributed by atoms with E-state index in [4.69, 9.17) is 27.3 Å². The molecule has 7 nitrogen and oxygen atoms in total. The van der Waals surface area contributed by atoms with E-state index in [1.54, 1.807) is 16.8 Å². The summed E-state index contributed by atoms with van der Waals surface area (Å²) in [6, 6.07) is 13.5. The summed E-state index contributed by atoms with van der Waals surface area (Å²) in [6.45, 7) is 3.32. The average molecular weight is 424 g/mol. The molecule has 3 N–H and O–H groups in total. The molecule has 0 atom stereocenters. The quantitative estimate of drug-likeness (QED) is 0.526. The molecule has 1 fully saturated rings. The van der Waals surface area contributed by atoms with Crippen molar-refractivity contribution in [1.82, 2.24) is 25.1 Å². The van der Waals surface area contributed by atoms with Crippen LogP contribution >= 0.6 is 11.6 Å². The number of piperazine rings is 1. The molecule has 0 radical (unpaired) electrons. The van der Waals surface area contributed by atoms with Crippen LogP contribution in [0.15, 0.2) is 48.5 Å². The minimum atomic E-state index is -0.325. The van der Waals surface area contributed by atoms with Gasteiger partial charge in [0, 0.05) is 36.8 Å². The third kappa shape index (κ3) is 3.34. The standard InChI is InChI=1S/C21H19ClFN7/c22-14-3-1-2-13(12-14)18-17-19(24)30(16-6-4-15(23)5-7-16)28-20(17)27-21(26-18)29-10-8-25-9-11-29/h1-7,12,25H,8-11,24H2. The number of nitrogens with zero attached hydrogens (tertiary/aromatic N) is 5. The van der Waals surface area contributed by atoms with Crippen molar-refractivity contribution in [2.45, 2.75) is 0 Å². The Hall–Kier alpha value is -3.23. The monoisotopic (exact) mass is 423 g/mol. The highest BCUT2D eigenvalue weighted by molar-refractivity contribution is 6.30. The number of nitrogens with two attached hydrogens (primary N) is 1. The number of anilines is 2. The van der Waals surface area contributed by atoms with Crippen LogP contribution in [-0.2, 0) is 0 Å². The van der Waals surface area contributed by atoms with Gasteiger partial charge in [-0.15, -0.1) is 5.10 Å². The minimum absolute atomic E-state index is 0.325. The molecule has 0 aliphatic carbocycles. The first-order chi connectivity index (χ1) is 14.6. The molecule has 0 unspecified atom stereocenters. The molecule has 1 saturated heterocycles. The normalized spacial score (nSPS) is 14.4. The molecule has 9 heteroatoms. The number of halogens is 2. The Bertz CT molecular complexity index is 1220. The van der Waals surface area contributed by atoms with Crippen molar-refractivity contribution in [2.24, 2.45) is 0 Å². The Labute approximate surface area is 177 Å². The fraction of sp³-hybridized carbons (Fsp3) is 0.190. The SMILES string of the molecule is Nc1c2c(-c3cccc(Cl)c3)nc(N3CCNCC3)nc2nn1-c1ccc(F)cc1. The molecule has 5 rings (SSSR count). The van der Waals surface area contributed by atoms with Gasteiger partial charge in [-0.25, -0.2) is 14.1 Å². The molecule has 30 heavy (non-hydrogen) atoms. The summed E-state index contributed by atoms with van der Waals surface area (Å²) in [4.78, 5) is 11.7. The molecule has 0 spiro atoms. The maximum Gasteiger partial charge on any atom is 0.228 e. The van der Waals surface area contributed by atoms with Gasteiger partial charge >= 0.3 is 0 Å². The van der Waals surface area contributed by atoms with Crippen LogP contribution in [0.2, 0.25) is 5.02 Å². The van der Waals surface area contributed by atoms with Crippen LogP contribution in [0.4, 0.5) is 16.2 Å². The Morgan fingerprint density at radius 1 is 1.03 bits per heavy atom. The molecule has 1 aliphatic rings. The Balaban J connectivity index is 1.74. The van der Waals surface area contributed by atoms with Gasteiger partial charge in [-0.05, 0) is 36.4 Å². The lowest BCUT2D eigenvalue weighted by Crippen LogP contribution is -2.44. The van der Waals surface area contributed by atoms with E-state index in [1.165, 1.54) is 12.1 Å². The summed E-state index contributed by atoms with van der Waals surface area (Å²) in [6.07, 6.45) is 0. The van der Waals surface area contributed by atoms with E-state index >= 15 is 0 Å². The van der Waals surface area contributed by atoms with E-state index in [0.29, 0.717) is 39.2 Å². The van der Waals surface area contributed by atoms with E-state index in [0.717, 1.165) is 31.7 Å². The van der Waals surface area contributed by atoms with Crippen molar-refractivity contribution < 1.29 is 4.39 Å². The second-order valence-corrected chi connectivity index (χ2v) is 7.53. The number of hydrogen-bond donors (Lipinski definition) is 2. The zero-order chi connectivity index (χ0) is 20.7. The summed E-state index contributed by atoms with van der Waals surface area (Å²) < 4.78 is 14.9. The number of rotatable bonds is 3. The molecule has 0 amide bonds. The third-order valence-corrected chi connectivity index (χ3v) is 5.36. The van der Waals surface area contributed by atoms with E-state index in [1.807, 2.05) is 24.3 Å². The van der Waals surface area contributed by atoms with Crippen LogP contribution in [0.5, 0.6) is 0 Å². The molecule has 2 aromatic heterocycles. The Morgan fingerprint density at radius 2 is 1.80 bits per heavy atom. The molecule has 4 aromatic rings. The fourth-order valence-electron chi connectivity index (χ4n) is 3.63. The second-order valence-electron chi connectivity index (χ2n) is 7.09. The van der Waals surface area contributed by atoms with Crippen molar-refractivity contribution in [2.75, 3.05) is 36.8 Å². The largest absolute Gasteiger partial charge is 0.383 e. The van der Waals surface area contributed by atoms with E-state index in [9.17, 15) is 4.39 Å². The second kappa shape index (κ2) is 7.55. The molecular formula is C21H19ClFN7. The van der Waals surface area contributed by atoms with Crippen molar-refractivity contribution in [3.05, 3.63) is 59.4 Å². The highest BCUT2D eigenvalue weighted by atomic mass is 35.5. The van der Waals surface area contributed by atoms with Crippen LogP contribution in [0.3, 0.4) is 0 Å². The van der Waals surface area contributed by atoms with Crippen molar-refractivity contribution in [3.8, 4) is 16.9 Å². The van der Waals surface area contributed by atoms with Crippen LogP contribution in [0.25, 0.3) is 28.0 Å². The van der Waals surface area contributed by atoms with E-state index in [-0.39, 0.29) is 5.82 Å². The first-order valence-electron chi connectivity index (χ1n) is 9.64. The van der Waals surface area contributed by atoms with Crippen molar-refractivity contribution >= 4 is 34.4 Å². The molecule has 0 bridgehead atoms. The smallest absolute Gasteiger partial charge is 0.228 e. The van der Waals surface area contributed by atoms with Crippen LogP contribution < -0.4 is 16.0 Å². The molecule has 3 heterocycles. The summed E-state index contributed by atoms with van der Waals surface area (Å²) in [5, 5.41) is 9.19. The Morgan fingerprint density at radius 3 is 2.53 bits per heavy atom. The van der Waals surface area contributed by atoms with Gasteiger partial charge in [-0.3, -0.25) is 0 Å². The molecular weight excluding hydrogens is 405 g/mol. The lowest BCUT2D eigenvalue weighted by Gasteiger charge is -2.27. The molecule has 2 aromatic carbocycles. The number of aromatic nitrogens is 4. The Kier molecular flexibility index (Phi) is 4.72. The van der Waals surface area contributed by atoms with Gasteiger partial charge < -0.3 is 16.0 Å². The van der Waals surface area contributed by atoms with Crippen LogP contribution in [-0.4, -0.2) is 45.9 Å². The lowest BCUT2D eigenvalue weighted by molar-refractivity contribution is 0.580. The van der Waals surface area contributed by atoms with Crippen molar-refractivity contribution in [3.63, 3.8) is 0 Å². The van der Waals surface area contributed by atoms with E-state index < -0.39 is 0 Å². The summed E-state index contributed by atoms with van der Waals surface area (Å²) in [7, 11) is 0. The highest BCUT2D eigenvalue weighted by Gasteiger charge is 2.22. The number of benzene rings is 2. The minimum Gasteiger partial charge on any atom is -0.383 e. The van der Waals surface area contributed by atoms with Gasteiger partial charge in [-0.1, -0.05) is 23.7 Å². The summed E-state index contributed by atoms with van der Waals surface area (Å²) in [5.41, 5.74) is 9.11. The molecule has 152 valence electrons. The predicted molar refractivity (Wildman–Crippen MR) is 117 cm³/mol. The maximum atomic E-state index is 13.4. The zero-order valence-corrected chi connectivity index (χ0v) is 16.8. The van der Waals surface area contributed by atoms with Gasteiger partial charge in [0.25, 0.3) is 0 Å². The highest BCUT2D eigenvalue weighted by Crippen LogP contribution is 2.34. The van der Waals surface area contributed by atoms with Crippen LogP contribution in [0.1, 0.15) is 0 Å². The average Bonchev–Trinajstić information content (AvgIpc) is 3.11. The van der Waals surface area contributed by atoms with Gasteiger partial charge in [-0.2, -0.15) is 4.98 Å². The first-order valence-corrected chi connectivity index (χ1v) is 10.0. The first kappa shape index (κ1) is 18.8. The summed E-state index contributed by atoms with van der Waals surface area (Å²) in [5.74, 6) is 0.663. The molecule has 0 saturated carbocycles. The predicted octanol–water partition coefficient (Wildman–Crippen LogP) is 3.27. The van der Waals surface area contributed by atoms with Gasteiger partial charge in [0.05, 0.1) is 16.8 Å². The van der Waals surface area contributed by atoms with Gasteiger partial charge in [0.1, 0.15) is 11.6 Å². The third-order valence-electron chi connectivity index (χ3n) is 5.13. The summed E-state index contributed by atoms with van der Waals surface area (Å²) >= 11 is 6.24. The number of nitrogens with one attached hydrogen (secondary N) is 1. The van der Waals surface area contributed by atoms with Crippen molar-refractivity contribution in [1.29, 1.82) is 0 Å². The maximum absolute atomic E-state index is 13.4. The van der Waals surface area contributed by atoms with E-state index in [2.05, 4.69) is 15.3 Å². The number of hydrogen-bond acceptors (Lipinski definition) is 6.